The molecule has 3 heterocycles. The molecule has 0 saturated carbocycles. The van der Waals surface area contributed by atoms with E-state index in [-0.39, 0.29) is 30.9 Å². The average Bonchev–Trinajstić information content (AvgIpc) is 3.23. The van der Waals surface area contributed by atoms with Gasteiger partial charge in [-0.3, -0.25) is 9.69 Å². The first kappa shape index (κ1) is 22.0. The highest BCUT2D eigenvalue weighted by Gasteiger charge is 2.25. The van der Waals surface area contributed by atoms with Gasteiger partial charge in [-0.2, -0.15) is 0 Å². The van der Waals surface area contributed by atoms with Crippen LogP contribution in [0.2, 0.25) is 0 Å². The highest BCUT2D eigenvalue weighted by molar-refractivity contribution is 5.96. The lowest BCUT2D eigenvalue weighted by atomic mass is 9.98. The minimum Gasteiger partial charge on any atom is -0.496 e. The summed E-state index contributed by atoms with van der Waals surface area (Å²) in [4.78, 5) is 23.5. The Balaban J connectivity index is 1.70. The quantitative estimate of drug-likeness (QED) is 0.619. The number of hydrogen-bond donors (Lipinski definition) is 2. The van der Waals surface area contributed by atoms with Crippen LogP contribution in [0.4, 0.5) is 4.39 Å². The number of carbonyl (C=O) groups excluding carboxylic acids is 1. The van der Waals surface area contributed by atoms with E-state index in [1.54, 1.807) is 38.4 Å². The average molecular weight is 439 g/mol. The first-order valence-electron chi connectivity index (χ1n) is 10.5. The van der Waals surface area contributed by atoms with E-state index in [0.29, 0.717) is 23.5 Å². The van der Waals surface area contributed by atoms with Gasteiger partial charge in [0.05, 0.1) is 26.3 Å². The zero-order chi connectivity index (χ0) is 22.8. The molecule has 0 unspecified atom stereocenters. The third-order valence-electron chi connectivity index (χ3n) is 5.88. The number of aromatic amines is 1. The molecule has 3 aromatic rings. The monoisotopic (exact) mass is 438 g/mol. The number of likely N-dealkylation sites (N-methyl/N-ethyl adjacent to an activating group) is 1. The SMILES string of the molecule is COc1ccc(F)cc1-c1ccnc2[nH]c(C3=C[C@H](CO)N(CC(=O)N(C)C)CC3)cc12. The van der Waals surface area contributed by atoms with Crippen molar-refractivity contribution in [3.8, 4) is 16.9 Å². The van der Waals surface area contributed by atoms with Crippen molar-refractivity contribution in [3.05, 3.63) is 54.1 Å². The second-order valence-electron chi connectivity index (χ2n) is 8.10. The summed E-state index contributed by atoms with van der Waals surface area (Å²) < 4.78 is 19.4. The van der Waals surface area contributed by atoms with Crippen LogP contribution in [0.1, 0.15) is 12.1 Å². The van der Waals surface area contributed by atoms with Gasteiger partial charge >= 0.3 is 0 Å². The third kappa shape index (κ3) is 4.24. The molecule has 1 aliphatic rings. The van der Waals surface area contributed by atoms with Crippen LogP contribution in [0.25, 0.3) is 27.7 Å². The zero-order valence-electron chi connectivity index (χ0n) is 18.4. The molecule has 0 saturated heterocycles. The first-order valence-corrected chi connectivity index (χ1v) is 10.5. The van der Waals surface area contributed by atoms with E-state index < -0.39 is 0 Å². The Morgan fingerprint density at radius 2 is 2.12 bits per heavy atom. The summed E-state index contributed by atoms with van der Waals surface area (Å²) in [7, 11) is 5.01. The number of benzene rings is 1. The summed E-state index contributed by atoms with van der Waals surface area (Å²) >= 11 is 0. The number of methoxy groups -OCH3 is 1. The van der Waals surface area contributed by atoms with Gasteiger partial charge in [0.25, 0.3) is 0 Å². The van der Waals surface area contributed by atoms with Gasteiger partial charge < -0.3 is 19.7 Å². The summed E-state index contributed by atoms with van der Waals surface area (Å²) in [6.07, 6.45) is 4.41. The van der Waals surface area contributed by atoms with Crippen LogP contribution < -0.4 is 4.74 Å². The third-order valence-corrected chi connectivity index (χ3v) is 5.88. The van der Waals surface area contributed by atoms with Gasteiger partial charge in [0, 0.05) is 43.5 Å². The molecule has 0 spiro atoms. The molecule has 8 heteroatoms. The number of carbonyl (C=O) groups is 1. The lowest BCUT2D eigenvalue weighted by Crippen LogP contribution is -2.45. The topological polar surface area (TPSA) is 81.7 Å². The maximum Gasteiger partial charge on any atom is 0.236 e. The van der Waals surface area contributed by atoms with Gasteiger partial charge in [-0.25, -0.2) is 9.37 Å². The molecule has 168 valence electrons. The van der Waals surface area contributed by atoms with Gasteiger partial charge in [0.2, 0.25) is 5.91 Å². The number of aromatic nitrogens is 2. The summed E-state index contributed by atoms with van der Waals surface area (Å²) in [5.74, 6) is 0.249. The molecule has 0 aliphatic carbocycles. The molecule has 1 aliphatic heterocycles. The number of hydrogen-bond acceptors (Lipinski definition) is 5. The van der Waals surface area contributed by atoms with Crippen LogP contribution in [-0.2, 0) is 4.79 Å². The fourth-order valence-corrected chi connectivity index (χ4v) is 4.08. The highest BCUT2D eigenvalue weighted by Crippen LogP contribution is 2.36. The van der Waals surface area contributed by atoms with Crippen LogP contribution in [0.5, 0.6) is 5.75 Å². The van der Waals surface area contributed by atoms with Gasteiger partial charge in [-0.05, 0) is 47.9 Å². The Bertz CT molecular complexity index is 1170. The molecule has 2 aromatic heterocycles. The number of nitrogens with zero attached hydrogens (tertiary/aromatic N) is 3. The molecule has 2 N–H and O–H groups in total. The van der Waals surface area contributed by atoms with E-state index in [9.17, 15) is 14.3 Å². The Hall–Kier alpha value is -3.23. The van der Waals surface area contributed by atoms with Crippen molar-refractivity contribution in [2.45, 2.75) is 12.5 Å². The van der Waals surface area contributed by atoms with Crippen molar-refractivity contribution in [2.24, 2.45) is 0 Å². The van der Waals surface area contributed by atoms with Crippen molar-refractivity contribution in [1.82, 2.24) is 19.8 Å². The van der Waals surface area contributed by atoms with Crippen molar-refractivity contribution in [3.63, 3.8) is 0 Å². The van der Waals surface area contributed by atoms with Gasteiger partial charge in [0.15, 0.2) is 0 Å². The molecule has 7 nitrogen and oxygen atoms in total. The van der Waals surface area contributed by atoms with Crippen molar-refractivity contribution >= 4 is 22.5 Å². The lowest BCUT2D eigenvalue weighted by molar-refractivity contribution is -0.130. The van der Waals surface area contributed by atoms with E-state index in [1.165, 1.54) is 12.1 Å². The van der Waals surface area contributed by atoms with Crippen LogP contribution in [0.15, 0.2) is 42.6 Å². The number of fused-ring (bicyclic) bond motifs is 1. The molecule has 32 heavy (non-hydrogen) atoms. The van der Waals surface area contributed by atoms with E-state index >= 15 is 0 Å². The second-order valence-corrected chi connectivity index (χ2v) is 8.10. The van der Waals surface area contributed by atoms with E-state index in [1.807, 2.05) is 23.1 Å². The predicted molar refractivity (Wildman–Crippen MR) is 122 cm³/mol. The van der Waals surface area contributed by atoms with Crippen LogP contribution in [-0.4, -0.2) is 77.7 Å². The maximum absolute atomic E-state index is 14.0. The normalized spacial score (nSPS) is 16.8. The largest absolute Gasteiger partial charge is 0.496 e. The fourth-order valence-electron chi connectivity index (χ4n) is 4.08. The molecule has 1 atom stereocenters. The van der Waals surface area contributed by atoms with Crippen molar-refractivity contribution in [1.29, 1.82) is 0 Å². The number of H-pyrrole nitrogens is 1. The number of rotatable bonds is 6. The number of amides is 1. The smallest absolute Gasteiger partial charge is 0.236 e. The van der Waals surface area contributed by atoms with Crippen LogP contribution in [0.3, 0.4) is 0 Å². The van der Waals surface area contributed by atoms with Gasteiger partial charge in [-0.15, -0.1) is 0 Å². The number of nitrogens with one attached hydrogen (secondary N) is 1. The molecule has 0 radical (unpaired) electrons. The minimum absolute atomic E-state index is 0.00351. The molecule has 1 aromatic carbocycles. The summed E-state index contributed by atoms with van der Waals surface area (Å²) in [5, 5.41) is 10.8. The lowest BCUT2D eigenvalue weighted by Gasteiger charge is -2.33. The first-order chi connectivity index (χ1) is 15.4. The molecule has 0 bridgehead atoms. The zero-order valence-corrected chi connectivity index (χ0v) is 18.4. The highest BCUT2D eigenvalue weighted by atomic mass is 19.1. The molecular formula is C24H27FN4O3. The molecular weight excluding hydrogens is 411 g/mol. The maximum atomic E-state index is 14.0. The molecule has 0 fully saturated rings. The van der Waals surface area contributed by atoms with Gasteiger partial charge in [-0.1, -0.05) is 6.08 Å². The Labute approximate surface area is 186 Å². The Kier molecular flexibility index (Phi) is 6.25. The standard InChI is InChI=1S/C24H27FN4O3/c1-28(2)23(31)13-29-9-7-15(10-17(29)14-30)21-12-20-18(6-8-26-24(20)27-21)19-11-16(25)4-5-22(19)32-3/h4-6,8,10-12,17,30H,7,9,13-14H2,1-3H3,(H,26,27)/t17-/m1/s1. The number of pyridine rings is 1. The van der Waals surface area contributed by atoms with E-state index in [4.69, 9.17) is 4.74 Å². The Morgan fingerprint density at radius 1 is 1.31 bits per heavy atom. The Morgan fingerprint density at radius 3 is 2.84 bits per heavy atom. The summed E-state index contributed by atoms with van der Waals surface area (Å²) in [6, 6.07) is 8.05. The fraction of sp³-hybridized carbons (Fsp3) is 0.333. The van der Waals surface area contributed by atoms with Crippen LogP contribution >= 0.6 is 0 Å². The number of aliphatic hydroxyl groups is 1. The van der Waals surface area contributed by atoms with Gasteiger partial charge in [0.1, 0.15) is 17.2 Å². The van der Waals surface area contributed by atoms with E-state index in [2.05, 4.69) is 9.97 Å². The molecule has 4 rings (SSSR count). The predicted octanol–water partition coefficient (Wildman–Crippen LogP) is 2.92. The second kappa shape index (κ2) is 9.10. The molecule has 1 amide bonds. The summed E-state index contributed by atoms with van der Waals surface area (Å²) in [6.45, 7) is 0.845. The van der Waals surface area contributed by atoms with E-state index in [0.717, 1.165) is 28.6 Å². The number of halogens is 1. The summed E-state index contributed by atoms with van der Waals surface area (Å²) in [5.41, 5.74) is 4.11. The number of ether oxygens (including phenoxy) is 1. The van der Waals surface area contributed by atoms with Crippen molar-refractivity contribution < 1.29 is 19.0 Å². The van der Waals surface area contributed by atoms with Crippen LogP contribution in [0, 0.1) is 5.82 Å². The minimum atomic E-state index is -0.338. The van der Waals surface area contributed by atoms with Crippen molar-refractivity contribution in [2.75, 3.05) is 40.9 Å². The number of aliphatic hydroxyl groups excluding tert-OH is 1.